The summed E-state index contributed by atoms with van der Waals surface area (Å²) in [6.45, 7) is 2.07. The third-order valence-electron chi connectivity index (χ3n) is 2.70. The van der Waals surface area contributed by atoms with E-state index in [9.17, 15) is 4.79 Å². The van der Waals surface area contributed by atoms with Gasteiger partial charge in [0.1, 0.15) is 0 Å². The number of benzene rings is 1. The minimum atomic E-state index is -0.927. The maximum absolute atomic E-state index is 11.1. The van der Waals surface area contributed by atoms with Crippen molar-refractivity contribution in [3.63, 3.8) is 0 Å². The minimum absolute atomic E-state index is 0.285. The quantitative estimate of drug-likeness (QED) is 0.876. The summed E-state index contributed by atoms with van der Waals surface area (Å²) >= 11 is 0. The maximum Gasteiger partial charge on any atom is 0.336 e. The molecule has 0 amide bonds. The lowest BCUT2D eigenvalue weighted by molar-refractivity contribution is 0.0697. The summed E-state index contributed by atoms with van der Waals surface area (Å²) in [6, 6.07) is 9.40. The van der Waals surface area contributed by atoms with Gasteiger partial charge in [0.15, 0.2) is 0 Å². The summed E-state index contributed by atoms with van der Waals surface area (Å²) in [7, 11) is 0. The molecule has 1 N–H and O–H groups in total. The molecule has 2 rings (SSSR count). The fraction of sp³-hybridized carbons (Fsp3) is 0.143. The van der Waals surface area contributed by atoms with Gasteiger partial charge in [-0.3, -0.25) is 4.98 Å². The largest absolute Gasteiger partial charge is 0.478 e. The summed E-state index contributed by atoms with van der Waals surface area (Å²) < 4.78 is 0. The molecule has 3 heteroatoms. The van der Waals surface area contributed by atoms with E-state index in [1.165, 1.54) is 17.8 Å². The van der Waals surface area contributed by atoms with Gasteiger partial charge in [-0.1, -0.05) is 31.2 Å². The van der Waals surface area contributed by atoms with E-state index in [-0.39, 0.29) is 5.56 Å². The second-order valence-electron chi connectivity index (χ2n) is 3.78. The molecular formula is C14H13NO2. The zero-order chi connectivity index (χ0) is 12.3. The van der Waals surface area contributed by atoms with E-state index < -0.39 is 5.97 Å². The van der Waals surface area contributed by atoms with Crippen LogP contribution in [0.25, 0.3) is 11.1 Å². The first kappa shape index (κ1) is 11.3. The van der Waals surface area contributed by atoms with Gasteiger partial charge in [0.25, 0.3) is 0 Å². The second kappa shape index (κ2) is 4.78. The van der Waals surface area contributed by atoms with Crippen LogP contribution in [0.1, 0.15) is 22.8 Å². The van der Waals surface area contributed by atoms with Crippen molar-refractivity contribution in [2.45, 2.75) is 13.3 Å². The summed E-state index contributed by atoms with van der Waals surface area (Å²) in [5.74, 6) is -0.927. The average Bonchev–Trinajstić information content (AvgIpc) is 2.39. The molecule has 17 heavy (non-hydrogen) atoms. The molecule has 1 aromatic carbocycles. The molecule has 0 fully saturated rings. The van der Waals surface area contributed by atoms with E-state index in [0.717, 1.165) is 12.0 Å². The van der Waals surface area contributed by atoms with Crippen molar-refractivity contribution in [2.24, 2.45) is 0 Å². The van der Waals surface area contributed by atoms with E-state index in [1.54, 1.807) is 6.20 Å². The third kappa shape index (κ3) is 2.33. The lowest BCUT2D eigenvalue weighted by Crippen LogP contribution is -2.00. The summed E-state index contributed by atoms with van der Waals surface area (Å²) in [4.78, 5) is 15.1. The van der Waals surface area contributed by atoms with Crippen LogP contribution in [0.15, 0.2) is 42.7 Å². The van der Waals surface area contributed by atoms with Crippen LogP contribution >= 0.6 is 0 Å². The van der Waals surface area contributed by atoms with Crippen LogP contribution in [0.3, 0.4) is 0 Å². The Bertz CT molecular complexity index is 549. The summed E-state index contributed by atoms with van der Waals surface area (Å²) in [5, 5.41) is 9.13. The number of carboxylic acids is 1. The van der Waals surface area contributed by atoms with Gasteiger partial charge in [0.05, 0.1) is 5.56 Å². The first-order chi connectivity index (χ1) is 8.22. The molecule has 0 bridgehead atoms. The molecule has 0 saturated carbocycles. The molecule has 3 nitrogen and oxygen atoms in total. The Morgan fingerprint density at radius 3 is 2.88 bits per heavy atom. The molecule has 0 radical (unpaired) electrons. The molecule has 2 aromatic rings. The molecule has 0 saturated heterocycles. The Morgan fingerprint density at radius 2 is 2.18 bits per heavy atom. The fourth-order valence-electron chi connectivity index (χ4n) is 1.77. The van der Waals surface area contributed by atoms with Gasteiger partial charge >= 0.3 is 5.97 Å². The van der Waals surface area contributed by atoms with Crippen LogP contribution in [-0.2, 0) is 6.42 Å². The number of carbonyl (C=O) groups is 1. The van der Waals surface area contributed by atoms with Crippen LogP contribution in [0, 0.1) is 0 Å². The molecule has 0 unspecified atom stereocenters. The van der Waals surface area contributed by atoms with Crippen LogP contribution in [-0.4, -0.2) is 16.1 Å². The minimum Gasteiger partial charge on any atom is -0.478 e. The SMILES string of the molecule is CCc1cccc(-c2cnccc2C(=O)O)c1. The number of carboxylic acid groups (broad SMARTS) is 1. The second-order valence-corrected chi connectivity index (χ2v) is 3.78. The smallest absolute Gasteiger partial charge is 0.336 e. The first-order valence-corrected chi connectivity index (χ1v) is 5.49. The predicted molar refractivity (Wildman–Crippen MR) is 66.0 cm³/mol. The first-order valence-electron chi connectivity index (χ1n) is 5.49. The molecule has 0 aliphatic heterocycles. The number of rotatable bonds is 3. The van der Waals surface area contributed by atoms with Crippen molar-refractivity contribution in [2.75, 3.05) is 0 Å². The van der Waals surface area contributed by atoms with E-state index in [2.05, 4.69) is 11.9 Å². The number of nitrogens with zero attached hydrogens (tertiary/aromatic N) is 1. The van der Waals surface area contributed by atoms with Gasteiger partial charge in [-0.2, -0.15) is 0 Å². The Kier molecular flexibility index (Phi) is 3.19. The fourth-order valence-corrected chi connectivity index (χ4v) is 1.77. The number of aromatic nitrogens is 1. The van der Waals surface area contributed by atoms with Crippen molar-refractivity contribution in [1.29, 1.82) is 0 Å². The predicted octanol–water partition coefficient (Wildman–Crippen LogP) is 3.01. The zero-order valence-corrected chi connectivity index (χ0v) is 9.55. The molecular weight excluding hydrogens is 214 g/mol. The van der Waals surface area contributed by atoms with Gasteiger partial charge < -0.3 is 5.11 Å². The molecule has 0 aliphatic carbocycles. The van der Waals surface area contributed by atoms with Crippen LogP contribution in [0.5, 0.6) is 0 Å². The van der Waals surface area contributed by atoms with Gasteiger partial charge in [0.2, 0.25) is 0 Å². The lowest BCUT2D eigenvalue weighted by atomic mass is 9.99. The van der Waals surface area contributed by atoms with Gasteiger partial charge in [-0.05, 0) is 23.6 Å². The lowest BCUT2D eigenvalue weighted by Gasteiger charge is -2.06. The Hall–Kier alpha value is -2.16. The maximum atomic E-state index is 11.1. The Morgan fingerprint density at radius 1 is 1.35 bits per heavy atom. The highest BCUT2D eigenvalue weighted by atomic mass is 16.4. The zero-order valence-electron chi connectivity index (χ0n) is 9.55. The molecule has 0 aliphatic rings. The van der Waals surface area contributed by atoms with E-state index >= 15 is 0 Å². The van der Waals surface area contributed by atoms with Crippen LogP contribution in [0.4, 0.5) is 0 Å². The average molecular weight is 227 g/mol. The monoisotopic (exact) mass is 227 g/mol. The Balaban J connectivity index is 2.56. The number of hydrogen-bond donors (Lipinski definition) is 1. The van der Waals surface area contributed by atoms with Gasteiger partial charge in [-0.15, -0.1) is 0 Å². The Labute approximate surface area is 99.8 Å². The molecule has 1 aromatic heterocycles. The van der Waals surface area contributed by atoms with Crippen molar-refractivity contribution < 1.29 is 9.90 Å². The molecule has 0 atom stereocenters. The summed E-state index contributed by atoms with van der Waals surface area (Å²) in [6.07, 6.45) is 4.02. The van der Waals surface area contributed by atoms with Crippen molar-refractivity contribution >= 4 is 5.97 Å². The highest BCUT2D eigenvalue weighted by Gasteiger charge is 2.11. The van der Waals surface area contributed by atoms with Crippen LogP contribution < -0.4 is 0 Å². The molecule has 0 spiro atoms. The van der Waals surface area contributed by atoms with E-state index in [4.69, 9.17) is 5.11 Å². The van der Waals surface area contributed by atoms with Gasteiger partial charge in [-0.25, -0.2) is 4.79 Å². The van der Waals surface area contributed by atoms with Crippen LogP contribution in [0.2, 0.25) is 0 Å². The van der Waals surface area contributed by atoms with E-state index in [1.807, 2.05) is 24.3 Å². The van der Waals surface area contributed by atoms with Crippen molar-refractivity contribution in [1.82, 2.24) is 4.98 Å². The number of pyridine rings is 1. The standard InChI is InChI=1S/C14H13NO2/c1-2-10-4-3-5-11(8-10)13-9-15-7-6-12(13)14(16)17/h3-9H,2H2,1H3,(H,16,17). The highest BCUT2D eigenvalue weighted by Crippen LogP contribution is 2.23. The number of hydrogen-bond acceptors (Lipinski definition) is 2. The normalized spacial score (nSPS) is 10.2. The highest BCUT2D eigenvalue weighted by molar-refractivity contribution is 5.95. The van der Waals surface area contributed by atoms with Crippen molar-refractivity contribution in [3.05, 3.63) is 53.9 Å². The van der Waals surface area contributed by atoms with Crippen molar-refractivity contribution in [3.8, 4) is 11.1 Å². The topological polar surface area (TPSA) is 50.2 Å². The number of aryl methyl sites for hydroxylation is 1. The number of aromatic carboxylic acids is 1. The molecule has 1 heterocycles. The third-order valence-corrected chi connectivity index (χ3v) is 2.70. The van der Waals surface area contributed by atoms with E-state index in [0.29, 0.717) is 5.56 Å². The van der Waals surface area contributed by atoms with Gasteiger partial charge in [0, 0.05) is 18.0 Å². The summed E-state index contributed by atoms with van der Waals surface area (Å²) in [5.41, 5.74) is 3.03. The molecule has 86 valence electrons.